The van der Waals surface area contributed by atoms with Gasteiger partial charge in [0.25, 0.3) is 0 Å². The van der Waals surface area contributed by atoms with Gasteiger partial charge < -0.3 is 10.1 Å². The largest absolute Gasteiger partial charge is 0.495 e. The Labute approximate surface area is 210 Å². The summed E-state index contributed by atoms with van der Waals surface area (Å²) in [6, 6.07) is 20.0. The van der Waals surface area contributed by atoms with Crippen LogP contribution in [-0.2, 0) is 21.2 Å². The molecule has 6 nitrogen and oxygen atoms in total. The van der Waals surface area contributed by atoms with E-state index in [0.29, 0.717) is 5.75 Å². The average Bonchev–Trinajstić information content (AvgIpc) is 2.84. The van der Waals surface area contributed by atoms with Crippen LogP contribution in [-0.4, -0.2) is 33.7 Å². The number of halogens is 1. The van der Waals surface area contributed by atoms with E-state index in [0.717, 1.165) is 16.0 Å². The average molecular weight is 519 g/mol. The standard InChI is InChI=1S/C25H27ClN2O4S2/c1-17(19-9-11-20(33-3)12-10-19)27-25(29)23(15-18-7-5-4-6-8-18)28-34(30,31)21-13-14-24(32-2)22(26)16-21/h4-14,16-17,23,28H,15H2,1-3H3,(H,27,29)/t17-,23-/m0/s1. The molecule has 2 atom stereocenters. The van der Waals surface area contributed by atoms with Gasteiger partial charge in [-0.15, -0.1) is 11.8 Å². The van der Waals surface area contributed by atoms with Crippen LogP contribution in [0.5, 0.6) is 5.75 Å². The number of nitrogens with one attached hydrogen (secondary N) is 2. The lowest BCUT2D eigenvalue weighted by molar-refractivity contribution is -0.123. The van der Waals surface area contributed by atoms with E-state index in [-0.39, 0.29) is 22.4 Å². The van der Waals surface area contributed by atoms with Crippen molar-refractivity contribution in [3.05, 3.63) is 88.9 Å². The van der Waals surface area contributed by atoms with Gasteiger partial charge in [-0.2, -0.15) is 4.72 Å². The summed E-state index contributed by atoms with van der Waals surface area (Å²) in [6.07, 6.45) is 2.18. The zero-order chi connectivity index (χ0) is 24.7. The molecule has 0 unspecified atom stereocenters. The molecule has 1 amide bonds. The number of hydrogen-bond donors (Lipinski definition) is 2. The summed E-state index contributed by atoms with van der Waals surface area (Å²) < 4.78 is 33.9. The van der Waals surface area contributed by atoms with Gasteiger partial charge in [-0.3, -0.25) is 4.79 Å². The summed E-state index contributed by atoms with van der Waals surface area (Å²) in [5.74, 6) is -0.0611. The molecule has 0 aliphatic carbocycles. The first-order valence-corrected chi connectivity index (χ1v) is 13.7. The van der Waals surface area contributed by atoms with Gasteiger partial charge in [0.1, 0.15) is 11.8 Å². The predicted octanol–water partition coefficient (Wildman–Crippen LogP) is 4.84. The van der Waals surface area contributed by atoms with Crippen LogP contribution in [0.15, 0.2) is 82.6 Å². The minimum Gasteiger partial charge on any atom is -0.495 e. The maximum absolute atomic E-state index is 13.2. The number of carbonyl (C=O) groups excluding carboxylic acids is 1. The lowest BCUT2D eigenvalue weighted by atomic mass is 10.0. The highest BCUT2D eigenvalue weighted by molar-refractivity contribution is 7.98. The van der Waals surface area contributed by atoms with Crippen molar-refractivity contribution in [3.63, 3.8) is 0 Å². The van der Waals surface area contributed by atoms with Crippen molar-refractivity contribution in [1.29, 1.82) is 0 Å². The quantitative estimate of drug-likeness (QED) is 0.375. The van der Waals surface area contributed by atoms with Crippen molar-refractivity contribution in [2.24, 2.45) is 0 Å². The van der Waals surface area contributed by atoms with Crippen LogP contribution in [0.4, 0.5) is 0 Å². The lowest BCUT2D eigenvalue weighted by Crippen LogP contribution is -2.48. The Balaban J connectivity index is 1.83. The van der Waals surface area contributed by atoms with E-state index in [1.807, 2.05) is 67.8 Å². The van der Waals surface area contributed by atoms with Crippen LogP contribution < -0.4 is 14.8 Å². The first-order valence-electron chi connectivity index (χ1n) is 10.6. The number of ether oxygens (including phenoxy) is 1. The van der Waals surface area contributed by atoms with Gasteiger partial charge in [0.2, 0.25) is 15.9 Å². The topological polar surface area (TPSA) is 84.5 Å². The Bertz CT molecular complexity index is 1220. The molecule has 0 saturated carbocycles. The van der Waals surface area contributed by atoms with Crippen molar-refractivity contribution in [1.82, 2.24) is 10.0 Å². The molecule has 34 heavy (non-hydrogen) atoms. The fourth-order valence-electron chi connectivity index (χ4n) is 3.40. The van der Waals surface area contributed by atoms with E-state index in [9.17, 15) is 13.2 Å². The number of methoxy groups -OCH3 is 1. The summed E-state index contributed by atoms with van der Waals surface area (Å²) in [5.41, 5.74) is 1.75. The third kappa shape index (κ3) is 6.76. The SMILES string of the molecule is COc1ccc(S(=O)(=O)N[C@@H](Cc2ccccc2)C(=O)N[C@@H](C)c2ccc(SC)cc2)cc1Cl. The molecule has 0 fully saturated rings. The fraction of sp³-hybridized carbons (Fsp3) is 0.240. The maximum atomic E-state index is 13.2. The third-order valence-electron chi connectivity index (χ3n) is 5.30. The molecule has 180 valence electrons. The van der Waals surface area contributed by atoms with E-state index < -0.39 is 22.0 Å². The number of benzene rings is 3. The highest BCUT2D eigenvalue weighted by atomic mass is 35.5. The zero-order valence-corrected chi connectivity index (χ0v) is 21.5. The van der Waals surface area contributed by atoms with Crippen LogP contribution in [0.3, 0.4) is 0 Å². The molecule has 3 aromatic carbocycles. The molecule has 0 aliphatic heterocycles. The number of thioether (sulfide) groups is 1. The zero-order valence-electron chi connectivity index (χ0n) is 19.1. The first kappa shape index (κ1) is 26.1. The molecule has 9 heteroatoms. The Hall–Kier alpha value is -2.52. The summed E-state index contributed by atoms with van der Waals surface area (Å²) in [7, 11) is -2.59. The molecule has 0 heterocycles. The smallest absolute Gasteiger partial charge is 0.241 e. The van der Waals surface area contributed by atoms with Crippen molar-refractivity contribution in [2.75, 3.05) is 13.4 Å². The van der Waals surface area contributed by atoms with Crippen LogP contribution in [0.1, 0.15) is 24.1 Å². The van der Waals surface area contributed by atoms with Crippen LogP contribution >= 0.6 is 23.4 Å². The van der Waals surface area contributed by atoms with Gasteiger partial charge >= 0.3 is 0 Å². The lowest BCUT2D eigenvalue weighted by Gasteiger charge is -2.22. The molecule has 3 rings (SSSR count). The van der Waals surface area contributed by atoms with Crippen LogP contribution in [0, 0.1) is 0 Å². The van der Waals surface area contributed by atoms with E-state index in [1.54, 1.807) is 11.8 Å². The van der Waals surface area contributed by atoms with Gasteiger partial charge in [-0.05, 0) is 61.1 Å². The molecule has 0 bridgehead atoms. The fourth-order valence-corrected chi connectivity index (χ4v) is 5.35. The number of sulfonamides is 1. The summed E-state index contributed by atoms with van der Waals surface area (Å²) in [5, 5.41) is 3.10. The molecule has 0 saturated heterocycles. The van der Waals surface area contributed by atoms with Gasteiger partial charge in [0.05, 0.1) is 23.1 Å². The molecule has 0 aliphatic rings. The normalized spacial score (nSPS) is 13.2. The first-order chi connectivity index (χ1) is 16.2. The molecule has 3 aromatic rings. The van der Waals surface area contributed by atoms with Crippen LogP contribution in [0.2, 0.25) is 5.02 Å². The second-order valence-corrected chi connectivity index (χ2v) is 10.7. The van der Waals surface area contributed by atoms with E-state index in [1.165, 1.54) is 25.3 Å². The van der Waals surface area contributed by atoms with Gasteiger partial charge in [0.15, 0.2) is 0 Å². The van der Waals surface area contributed by atoms with E-state index >= 15 is 0 Å². The van der Waals surface area contributed by atoms with Gasteiger partial charge in [-0.1, -0.05) is 54.1 Å². The summed E-state index contributed by atoms with van der Waals surface area (Å²) >= 11 is 7.76. The second-order valence-electron chi connectivity index (χ2n) is 7.66. The van der Waals surface area contributed by atoms with Crippen molar-refractivity contribution in [3.8, 4) is 5.75 Å². The van der Waals surface area contributed by atoms with Crippen molar-refractivity contribution in [2.45, 2.75) is 35.2 Å². The number of carbonyl (C=O) groups is 1. The van der Waals surface area contributed by atoms with E-state index in [4.69, 9.17) is 16.3 Å². The summed E-state index contributed by atoms with van der Waals surface area (Å²) in [6.45, 7) is 1.86. The van der Waals surface area contributed by atoms with Crippen molar-refractivity contribution < 1.29 is 17.9 Å². The number of amides is 1. The number of hydrogen-bond acceptors (Lipinski definition) is 5. The third-order valence-corrected chi connectivity index (χ3v) is 7.81. The highest BCUT2D eigenvalue weighted by Crippen LogP contribution is 2.27. The predicted molar refractivity (Wildman–Crippen MR) is 137 cm³/mol. The van der Waals surface area contributed by atoms with Crippen LogP contribution in [0.25, 0.3) is 0 Å². The molecular formula is C25H27ClN2O4S2. The van der Waals surface area contributed by atoms with Crippen molar-refractivity contribution >= 4 is 39.3 Å². The highest BCUT2D eigenvalue weighted by Gasteiger charge is 2.27. The maximum Gasteiger partial charge on any atom is 0.241 e. The molecule has 0 radical (unpaired) electrons. The molecule has 0 aromatic heterocycles. The summed E-state index contributed by atoms with van der Waals surface area (Å²) in [4.78, 5) is 14.3. The molecular weight excluding hydrogens is 492 g/mol. The van der Waals surface area contributed by atoms with E-state index in [2.05, 4.69) is 10.0 Å². The molecule has 0 spiro atoms. The Morgan fingerprint density at radius 2 is 1.74 bits per heavy atom. The minimum atomic E-state index is -4.04. The Morgan fingerprint density at radius 1 is 1.06 bits per heavy atom. The number of rotatable bonds is 10. The Kier molecular flexibility index (Phi) is 9.02. The van der Waals surface area contributed by atoms with Gasteiger partial charge in [0, 0.05) is 4.90 Å². The Morgan fingerprint density at radius 3 is 2.32 bits per heavy atom. The monoisotopic (exact) mass is 518 g/mol. The minimum absolute atomic E-state index is 0.0511. The van der Waals surface area contributed by atoms with Gasteiger partial charge in [-0.25, -0.2) is 8.42 Å². The second kappa shape index (κ2) is 11.8. The molecule has 2 N–H and O–H groups in total.